The summed E-state index contributed by atoms with van der Waals surface area (Å²) in [6, 6.07) is 5.78. The van der Waals surface area contributed by atoms with Crippen LogP contribution in [0.5, 0.6) is 0 Å². The van der Waals surface area contributed by atoms with E-state index in [4.69, 9.17) is 5.11 Å². The van der Waals surface area contributed by atoms with Gasteiger partial charge in [0.15, 0.2) is 0 Å². The molecule has 2 aromatic rings. The molecule has 1 heterocycles. The van der Waals surface area contributed by atoms with Gasteiger partial charge in [-0.25, -0.2) is 9.18 Å². The summed E-state index contributed by atoms with van der Waals surface area (Å²) < 4.78 is 16.5. The lowest BCUT2D eigenvalue weighted by molar-refractivity contribution is -0.131. The van der Waals surface area contributed by atoms with Crippen molar-refractivity contribution in [2.45, 2.75) is 0 Å². The zero-order valence-corrected chi connectivity index (χ0v) is 9.32. The molecule has 1 aromatic carbocycles. The van der Waals surface area contributed by atoms with Crippen molar-refractivity contribution in [1.29, 1.82) is 0 Å². The van der Waals surface area contributed by atoms with Crippen LogP contribution in [0.25, 0.3) is 17.3 Å². The Hall–Kier alpha value is -2.08. The molecule has 1 N–H and O–H groups in total. The second kappa shape index (κ2) is 4.84. The second-order valence-corrected chi connectivity index (χ2v) is 3.95. The summed E-state index contributed by atoms with van der Waals surface area (Å²) in [6.45, 7) is 0. The molecule has 0 spiro atoms. The van der Waals surface area contributed by atoms with Crippen LogP contribution in [0.15, 0.2) is 30.3 Å². The normalized spacial score (nSPS) is 10.9. The number of nitrogens with zero attached hydrogens (tertiary/aromatic N) is 2. The topological polar surface area (TPSA) is 63.1 Å². The Morgan fingerprint density at radius 3 is 2.71 bits per heavy atom. The molecule has 0 aliphatic rings. The van der Waals surface area contributed by atoms with Gasteiger partial charge < -0.3 is 5.11 Å². The third-order valence-electron chi connectivity index (χ3n) is 2.01. The number of hydrogen-bond donors (Lipinski definition) is 1. The SMILES string of the molecule is O=C(O)C=Cc1snnc1-c1ccc(F)cc1. The van der Waals surface area contributed by atoms with Crippen molar-refractivity contribution in [1.82, 2.24) is 9.59 Å². The first-order chi connectivity index (χ1) is 8.16. The molecule has 0 saturated heterocycles. The van der Waals surface area contributed by atoms with E-state index in [1.807, 2.05) is 0 Å². The molecule has 86 valence electrons. The van der Waals surface area contributed by atoms with Gasteiger partial charge in [-0.15, -0.1) is 5.10 Å². The first-order valence-electron chi connectivity index (χ1n) is 4.66. The molecular weight excluding hydrogens is 243 g/mol. The van der Waals surface area contributed by atoms with Crippen molar-refractivity contribution in [2.24, 2.45) is 0 Å². The number of carbonyl (C=O) groups is 1. The molecule has 0 bridgehead atoms. The van der Waals surface area contributed by atoms with E-state index in [0.717, 1.165) is 17.6 Å². The van der Waals surface area contributed by atoms with E-state index in [1.54, 1.807) is 12.1 Å². The second-order valence-electron chi connectivity index (χ2n) is 3.16. The highest BCUT2D eigenvalue weighted by Gasteiger charge is 2.08. The Kier molecular flexibility index (Phi) is 3.24. The lowest BCUT2D eigenvalue weighted by Crippen LogP contribution is -1.86. The van der Waals surface area contributed by atoms with Gasteiger partial charge in [0.2, 0.25) is 0 Å². The third-order valence-corrected chi connectivity index (χ3v) is 2.70. The lowest BCUT2D eigenvalue weighted by atomic mass is 10.1. The maximum Gasteiger partial charge on any atom is 0.328 e. The summed E-state index contributed by atoms with van der Waals surface area (Å²) in [7, 11) is 0. The highest BCUT2D eigenvalue weighted by Crippen LogP contribution is 2.25. The zero-order valence-electron chi connectivity index (χ0n) is 8.50. The van der Waals surface area contributed by atoms with E-state index in [-0.39, 0.29) is 5.82 Å². The van der Waals surface area contributed by atoms with Gasteiger partial charge >= 0.3 is 5.97 Å². The predicted molar refractivity (Wildman–Crippen MR) is 62.0 cm³/mol. The molecule has 0 atom stereocenters. The summed E-state index contributed by atoms with van der Waals surface area (Å²) in [4.78, 5) is 11.0. The zero-order chi connectivity index (χ0) is 12.3. The molecule has 1 aromatic heterocycles. The summed E-state index contributed by atoms with van der Waals surface area (Å²) >= 11 is 1.09. The number of rotatable bonds is 3. The molecule has 2 rings (SSSR count). The minimum absolute atomic E-state index is 0.334. The first-order valence-corrected chi connectivity index (χ1v) is 5.43. The van der Waals surface area contributed by atoms with Crippen LogP contribution in [0.1, 0.15) is 4.88 Å². The minimum atomic E-state index is -1.04. The fraction of sp³-hybridized carbons (Fsp3) is 0. The Balaban J connectivity index is 2.36. The Bertz CT molecular complexity index is 563. The molecule has 0 saturated carbocycles. The van der Waals surface area contributed by atoms with Gasteiger partial charge in [-0.05, 0) is 41.9 Å². The van der Waals surface area contributed by atoms with Crippen molar-refractivity contribution in [2.75, 3.05) is 0 Å². The van der Waals surface area contributed by atoms with E-state index in [0.29, 0.717) is 16.1 Å². The average molecular weight is 250 g/mol. The lowest BCUT2D eigenvalue weighted by Gasteiger charge is -1.96. The summed E-state index contributed by atoms with van der Waals surface area (Å²) in [5.41, 5.74) is 1.25. The van der Waals surface area contributed by atoms with Gasteiger partial charge in [0.25, 0.3) is 0 Å². The number of aliphatic carboxylic acids is 1. The fourth-order valence-electron chi connectivity index (χ4n) is 1.26. The van der Waals surface area contributed by atoms with E-state index < -0.39 is 5.97 Å². The van der Waals surface area contributed by atoms with Crippen molar-refractivity contribution >= 4 is 23.6 Å². The largest absolute Gasteiger partial charge is 0.478 e. The van der Waals surface area contributed by atoms with Crippen LogP contribution < -0.4 is 0 Å². The molecule has 0 aliphatic heterocycles. The van der Waals surface area contributed by atoms with Crippen LogP contribution in [0.3, 0.4) is 0 Å². The number of aromatic nitrogens is 2. The number of benzene rings is 1. The summed E-state index contributed by atoms with van der Waals surface area (Å²) in [5, 5.41) is 12.4. The maximum atomic E-state index is 12.8. The highest BCUT2D eigenvalue weighted by atomic mass is 32.1. The van der Waals surface area contributed by atoms with Crippen molar-refractivity contribution in [3.05, 3.63) is 41.0 Å². The first kappa shape index (κ1) is 11.4. The number of hydrogen-bond acceptors (Lipinski definition) is 4. The molecule has 0 radical (unpaired) electrons. The van der Waals surface area contributed by atoms with Gasteiger partial charge in [-0.1, -0.05) is 4.49 Å². The Morgan fingerprint density at radius 2 is 2.06 bits per heavy atom. The van der Waals surface area contributed by atoms with Crippen LogP contribution in [0.2, 0.25) is 0 Å². The molecule has 4 nitrogen and oxygen atoms in total. The standard InChI is InChI=1S/C11H7FN2O2S/c12-8-3-1-7(2-4-8)11-9(17-14-13-11)5-6-10(15)16/h1-6H,(H,15,16). The van der Waals surface area contributed by atoms with Gasteiger partial charge in [-0.3, -0.25) is 0 Å². The van der Waals surface area contributed by atoms with Gasteiger partial charge in [-0.2, -0.15) is 0 Å². The Labute approximate surface area is 100 Å². The monoisotopic (exact) mass is 250 g/mol. The van der Waals surface area contributed by atoms with E-state index in [9.17, 15) is 9.18 Å². The van der Waals surface area contributed by atoms with Crippen LogP contribution >= 0.6 is 11.5 Å². The maximum absolute atomic E-state index is 12.8. The van der Waals surface area contributed by atoms with E-state index in [1.165, 1.54) is 18.2 Å². The molecule has 6 heteroatoms. The fourth-order valence-corrected chi connectivity index (χ4v) is 1.85. The number of halogens is 1. The third kappa shape index (κ3) is 2.73. The van der Waals surface area contributed by atoms with E-state index >= 15 is 0 Å². The van der Waals surface area contributed by atoms with Crippen LogP contribution in [0, 0.1) is 5.82 Å². The van der Waals surface area contributed by atoms with Gasteiger partial charge in [0.1, 0.15) is 11.5 Å². The minimum Gasteiger partial charge on any atom is -0.478 e. The van der Waals surface area contributed by atoms with Crippen molar-refractivity contribution < 1.29 is 14.3 Å². The molecule has 0 amide bonds. The van der Waals surface area contributed by atoms with Crippen LogP contribution in [0.4, 0.5) is 4.39 Å². The summed E-state index contributed by atoms with van der Waals surface area (Å²) in [6.07, 6.45) is 2.44. The smallest absolute Gasteiger partial charge is 0.328 e. The van der Waals surface area contributed by atoms with Crippen LogP contribution in [-0.4, -0.2) is 20.7 Å². The molecule has 0 aliphatic carbocycles. The highest BCUT2D eigenvalue weighted by molar-refractivity contribution is 7.07. The van der Waals surface area contributed by atoms with Crippen molar-refractivity contribution in [3.63, 3.8) is 0 Å². The number of carboxylic acid groups (broad SMARTS) is 1. The van der Waals surface area contributed by atoms with Crippen molar-refractivity contribution in [3.8, 4) is 11.3 Å². The molecule has 0 unspecified atom stereocenters. The summed E-state index contributed by atoms with van der Waals surface area (Å²) in [5.74, 6) is -1.37. The van der Waals surface area contributed by atoms with E-state index in [2.05, 4.69) is 9.59 Å². The quantitative estimate of drug-likeness (QED) is 0.850. The van der Waals surface area contributed by atoms with Crippen LogP contribution in [-0.2, 0) is 4.79 Å². The predicted octanol–water partition coefficient (Wildman–Crippen LogP) is 2.44. The molecule has 17 heavy (non-hydrogen) atoms. The van der Waals surface area contributed by atoms with Gasteiger partial charge in [0.05, 0.1) is 4.88 Å². The average Bonchev–Trinajstić information content (AvgIpc) is 2.75. The number of carboxylic acids is 1. The van der Waals surface area contributed by atoms with Gasteiger partial charge in [0, 0.05) is 11.6 Å². The Morgan fingerprint density at radius 1 is 1.35 bits per heavy atom. The molecular formula is C11H7FN2O2S. The molecule has 0 fully saturated rings.